The third-order valence-electron chi connectivity index (χ3n) is 4.38. The Labute approximate surface area is 150 Å². The lowest BCUT2D eigenvalue weighted by Gasteiger charge is -2.20. The lowest BCUT2D eigenvalue weighted by molar-refractivity contribution is 0.102. The predicted molar refractivity (Wildman–Crippen MR) is 103 cm³/mol. The number of nitrogens with one attached hydrogen (secondary N) is 1. The normalized spacial score (nSPS) is 10.6. The zero-order chi connectivity index (χ0) is 18.4. The molecule has 1 heterocycles. The van der Waals surface area contributed by atoms with Crippen LogP contribution in [0.15, 0.2) is 24.3 Å². The molecule has 2 rings (SSSR count). The second-order valence-corrected chi connectivity index (χ2v) is 5.94. The van der Waals surface area contributed by atoms with Crippen molar-refractivity contribution in [1.82, 2.24) is 9.97 Å². The van der Waals surface area contributed by atoms with Gasteiger partial charge in [0.2, 0.25) is 0 Å². The van der Waals surface area contributed by atoms with Gasteiger partial charge in [-0.15, -0.1) is 0 Å². The van der Waals surface area contributed by atoms with Gasteiger partial charge in [-0.25, -0.2) is 9.97 Å². The van der Waals surface area contributed by atoms with Gasteiger partial charge in [0.15, 0.2) is 0 Å². The third-order valence-corrected chi connectivity index (χ3v) is 4.38. The van der Waals surface area contributed by atoms with Crippen LogP contribution in [0.3, 0.4) is 0 Å². The van der Waals surface area contributed by atoms with Crippen LogP contribution in [-0.4, -0.2) is 29.0 Å². The molecule has 0 radical (unpaired) electrons. The van der Waals surface area contributed by atoms with E-state index in [1.807, 2.05) is 13.0 Å². The average Bonchev–Trinajstić information content (AvgIpc) is 2.62. The van der Waals surface area contributed by atoms with Gasteiger partial charge in [0, 0.05) is 24.8 Å². The van der Waals surface area contributed by atoms with Crippen molar-refractivity contribution in [2.24, 2.45) is 0 Å². The van der Waals surface area contributed by atoms with E-state index in [9.17, 15) is 4.79 Å². The Bertz CT molecular complexity index is 716. The lowest BCUT2D eigenvalue weighted by atomic mass is 10.0. The highest BCUT2D eigenvalue weighted by molar-refractivity contribution is 6.04. The quantitative estimate of drug-likeness (QED) is 0.827. The van der Waals surface area contributed by atoms with E-state index in [0.29, 0.717) is 11.5 Å². The summed E-state index contributed by atoms with van der Waals surface area (Å²) in [4.78, 5) is 23.8. The molecule has 0 fully saturated rings. The second kappa shape index (κ2) is 8.60. The molecular weight excluding hydrogens is 312 g/mol. The molecule has 0 unspecified atom stereocenters. The third kappa shape index (κ3) is 4.35. The van der Waals surface area contributed by atoms with Gasteiger partial charge >= 0.3 is 0 Å². The van der Waals surface area contributed by atoms with E-state index in [4.69, 9.17) is 0 Å². The summed E-state index contributed by atoms with van der Waals surface area (Å²) in [6, 6.07) is 7.93. The standard InChI is InChI=1S/C20H28N4O/c1-6-15-11-10-12-16(7-2)19(15)23-20(25)17-13-18(22-14(5)21-17)24(8-3)9-4/h10-13H,6-9H2,1-5H3,(H,23,25). The van der Waals surface area contributed by atoms with Crippen molar-refractivity contribution < 1.29 is 4.79 Å². The number of rotatable bonds is 7. The summed E-state index contributed by atoms with van der Waals surface area (Å²) in [7, 11) is 0. The smallest absolute Gasteiger partial charge is 0.274 e. The van der Waals surface area contributed by atoms with Crippen molar-refractivity contribution in [3.05, 3.63) is 46.9 Å². The van der Waals surface area contributed by atoms with Crippen molar-refractivity contribution in [3.63, 3.8) is 0 Å². The molecule has 1 aromatic heterocycles. The van der Waals surface area contributed by atoms with Crippen LogP contribution < -0.4 is 10.2 Å². The number of anilines is 2. The first-order chi connectivity index (χ1) is 12.0. The fourth-order valence-corrected chi connectivity index (χ4v) is 2.96. The number of aryl methyl sites for hydroxylation is 3. The molecule has 25 heavy (non-hydrogen) atoms. The van der Waals surface area contributed by atoms with E-state index < -0.39 is 0 Å². The minimum Gasteiger partial charge on any atom is -0.357 e. The molecule has 1 aromatic carbocycles. The molecule has 0 aliphatic rings. The molecular formula is C20H28N4O. The van der Waals surface area contributed by atoms with Crippen LogP contribution in [0.1, 0.15) is 55.1 Å². The van der Waals surface area contributed by atoms with Crippen LogP contribution in [0.5, 0.6) is 0 Å². The predicted octanol–water partition coefficient (Wildman–Crippen LogP) is 4.01. The topological polar surface area (TPSA) is 58.1 Å². The first-order valence-corrected chi connectivity index (χ1v) is 9.06. The second-order valence-electron chi connectivity index (χ2n) is 5.94. The van der Waals surface area contributed by atoms with Gasteiger partial charge in [-0.3, -0.25) is 4.79 Å². The summed E-state index contributed by atoms with van der Waals surface area (Å²) in [6.45, 7) is 11.8. The van der Waals surface area contributed by atoms with Crippen LogP contribution in [-0.2, 0) is 12.8 Å². The monoisotopic (exact) mass is 340 g/mol. The molecule has 0 saturated carbocycles. The van der Waals surface area contributed by atoms with Gasteiger partial charge in [-0.05, 0) is 44.7 Å². The SMILES string of the molecule is CCc1cccc(CC)c1NC(=O)c1cc(N(CC)CC)nc(C)n1. The van der Waals surface area contributed by atoms with Gasteiger partial charge in [0.05, 0.1) is 0 Å². The molecule has 2 aromatic rings. The van der Waals surface area contributed by atoms with Crippen molar-refractivity contribution in [2.45, 2.75) is 47.5 Å². The molecule has 0 saturated heterocycles. The average molecular weight is 340 g/mol. The molecule has 0 aliphatic heterocycles. The van der Waals surface area contributed by atoms with Crippen LogP contribution in [0.4, 0.5) is 11.5 Å². The van der Waals surface area contributed by atoms with E-state index in [1.54, 1.807) is 6.07 Å². The zero-order valence-electron chi connectivity index (χ0n) is 15.9. The van der Waals surface area contributed by atoms with Crippen LogP contribution in [0, 0.1) is 6.92 Å². The summed E-state index contributed by atoms with van der Waals surface area (Å²) < 4.78 is 0. The molecule has 134 valence electrons. The molecule has 0 spiro atoms. The highest BCUT2D eigenvalue weighted by Gasteiger charge is 2.16. The summed E-state index contributed by atoms with van der Waals surface area (Å²) in [5.74, 6) is 1.21. The number of amides is 1. The Hall–Kier alpha value is -2.43. The van der Waals surface area contributed by atoms with Crippen molar-refractivity contribution in [2.75, 3.05) is 23.3 Å². The van der Waals surface area contributed by atoms with E-state index in [2.05, 4.69) is 60.0 Å². The zero-order valence-corrected chi connectivity index (χ0v) is 15.9. The van der Waals surface area contributed by atoms with Crippen molar-refractivity contribution in [3.8, 4) is 0 Å². The van der Waals surface area contributed by atoms with Crippen LogP contribution >= 0.6 is 0 Å². The number of para-hydroxylation sites is 1. The molecule has 5 nitrogen and oxygen atoms in total. The largest absolute Gasteiger partial charge is 0.357 e. The van der Waals surface area contributed by atoms with E-state index in [0.717, 1.165) is 48.6 Å². The first kappa shape index (κ1) is 18.9. The number of benzene rings is 1. The van der Waals surface area contributed by atoms with Crippen LogP contribution in [0.25, 0.3) is 0 Å². The lowest BCUT2D eigenvalue weighted by Crippen LogP contribution is -2.25. The highest BCUT2D eigenvalue weighted by Crippen LogP contribution is 2.23. The van der Waals surface area contributed by atoms with E-state index in [-0.39, 0.29) is 5.91 Å². The highest BCUT2D eigenvalue weighted by atomic mass is 16.1. The van der Waals surface area contributed by atoms with Gasteiger partial charge in [-0.2, -0.15) is 0 Å². The number of hydrogen-bond donors (Lipinski definition) is 1. The van der Waals surface area contributed by atoms with Crippen LogP contribution in [0.2, 0.25) is 0 Å². The van der Waals surface area contributed by atoms with E-state index in [1.165, 1.54) is 0 Å². The first-order valence-electron chi connectivity index (χ1n) is 9.06. The Morgan fingerprint density at radius 2 is 1.64 bits per heavy atom. The summed E-state index contributed by atoms with van der Waals surface area (Å²) in [6.07, 6.45) is 1.74. The number of hydrogen-bond acceptors (Lipinski definition) is 4. The number of carbonyl (C=O) groups is 1. The van der Waals surface area contributed by atoms with E-state index >= 15 is 0 Å². The summed E-state index contributed by atoms with van der Waals surface area (Å²) >= 11 is 0. The van der Waals surface area contributed by atoms with Gasteiger partial charge in [0.25, 0.3) is 5.91 Å². The number of nitrogens with zero attached hydrogens (tertiary/aromatic N) is 3. The molecule has 0 aliphatic carbocycles. The Morgan fingerprint density at radius 3 is 2.16 bits per heavy atom. The minimum atomic E-state index is -0.186. The maximum Gasteiger partial charge on any atom is 0.274 e. The Morgan fingerprint density at radius 1 is 1.04 bits per heavy atom. The number of carbonyl (C=O) groups excluding carboxylic acids is 1. The molecule has 1 amide bonds. The molecule has 1 N–H and O–H groups in total. The molecule has 5 heteroatoms. The molecule has 0 bridgehead atoms. The van der Waals surface area contributed by atoms with Crippen molar-refractivity contribution in [1.29, 1.82) is 0 Å². The van der Waals surface area contributed by atoms with Gasteiger partial charge in [-0.1, -0.05) is 32.0 Å². The summed E-state index contributed by atoms with van der Waals surface area (Å²) in [5, 5.41) is 3.08. The van der Waals surface area contributed by atoms with Gasteiger partial charge in [0.1, 0.15) is 17.3 Å². The van der Waals surface area contributed by atoms with Gasteiger partial charge < -0.3 is 10.2 Å². The van der Waals surface area contributed by atoms with Crippen molar-refractivity contribution >= 4 is 17.4 Å². The minimum absolute atomic E-state index is 0.186. The Kier molecular flexibility index (Phi) is 6.51. The maximum atomic E-state index is 12.8. The fourth-order valence-electron chi connectivity index (χ4n) is 2.96. The fraction of sp³-hybridized carbons (Fsp3) is 0.450. The number of aromatic nitrogens is 2. The maximum absolute atomic E-state index is 12.8. The Balaban J connectivity index is 2.36. The summed E-state index contributed by atoms with van der Waals surface area (Å²) in [5.41, 5.74) is 3.60. The molecule has 0 atom stereocenters.